The lowest BCUT2D eigenvalue weighted by molar-refractivity contribution is -0.140. The van der Waals surface area contributed by atoms with Crippen molar-refractivity contribution in [1.29, 1.82) is 0 Å². The first-order valence-electron chi connectivity index (χ1n) is 5.68. The molecule has 0 atom stereocenters. The molecule has 0 fully saturated rings. The maximum absolute atomic E-state index is 12.2. The first-order chi connectivity index (χ1) is 7.88. The van der Waals surface area contributed by atoms with Crippen molar-refractivity contribution < 1.29 is 4.79 Å². The number of aromatic nitrogens is 2. The van der Waals surface area contributed by atoms with Crippen LogP contribution in [0.3, 0.4) is 0 Å². The third-order valence-corrected chi connectivity index (χ3v) is 3.02. The minimum atomic E-state index is -0.345. The van der Waals surface area contributed by atoms with E-state index in [-0.39, 0.29) is 11.3 Å². The molecule has 92 valence electrons. The summed E-state index contributed by atoms with van der Waals surface area (Å²) in [6, 6.07) is 1.80. The maximum atomic E-state index is 12.2. The van der Waals surface area contributed by atoms with Gasteiger partial charge in [-0.25, -0.2) is 0 Å². The number of carbonyl (C=O) groups is 1. The van der Waals surface area contributed by atoms with Gasteiger partial charge in [-0.3, -0.25) is 4.79 Å². The Bertz CT molecular complexity index is 454. The summed E-state index contributed by atoms with van der Waals surface area (Å²) in [6.45, 7) is 7.09. The van der Waals surface area contributed by atoms with Crippen LogP contribution in [0.4, 0.5) is 0 Å². The highest BCUT2D eigenvalue weighted by Gasteiger charge is 2.30. The van der Waals surface area contributed by atoms with Gasteiger partial charge in [0.2, 0.25) is 5.91 Å². The van der Waals surface area contributed by atoms with Crippen LogP contribution in [0.1, 0.15) is 32.0 Å². The number of fused-ring (bicyclic) bond motifs is 1. The van der Waals surface area contributed by atoms with Crippen molar-refractivity contribution in [2.75, 3.05) is 6.54 Å². The second-order valence-corrected chi connectivity index (χ2v) is 5.75. The Kier molecular flexibility index (Phi) is 3.08. The Morgan fingerprint density at radius 1 is 1.41 bits per heavy atom. The van der Waals surface area contributed by atoms with Gasteiger partial charge in [0, 0.05) is 24.9 Å². The van der Waals surface area contributed by atoms with E-state index in [1.54, 1.807) is 6.07 Å². The topological polar surface area (TPSA) is 46.1 Å². The highest BCUT2D eigenvalue weighted by atomic mass is 35.5. The lowest BCUT2D eigenvalue weighted by atomic mass is 9.93. The molecule has 0 aromatic carbocycles. The van der Waals surface area contributed by atoms with Crippen LogP contribution < -0.4 is 0 Å². The zero-order valence-corrected chi connectivity index (χ0v) is 11.1. The van der Waals surface area contributed by atoms with Crippen molar-refractivity contribution in [2.45, 2.75) is 33.7 Å². The van der Waals surface area contributed by atoms with Gasteiger partial charge in [0.15, 0.2) is 5.15 Å². The lowest BCUT2D eigenvalue weighted by Crippen LogP contribution is -2.42. The molecule has 2 rings (SSSR count). The van der Waals surface area contributed by atoms with Crippen molar-refractivity contribution in [1.82, 2.24) is 15.1 Å². The fourth-order valence-electron chi connectivity index (χ4n) is 1.95. The fourth-order valence-corrected chi connectivity index (χ4v) is 2.12. The molecular formula is C12H16ClN3O. The average molecular weight is 254 g/mol. The molecule has 1 amide bonds. The molecule has 1 aromatic rings. The van der Waals surface area contributed by atoms with Gasteiger partial charge in [0.25, 0.3) is 0 Å². The zero-order valence-electron chi connectivity index (χ0n) is 10.3. The van der Waals surface area contributed by atoms with Crippen molar-refractivity contribution in [2.24, 2.45) is 5.41 Å². The molecule has 1 aliphatic rings. The van der Waals surface area contributed by atoms with Gasteiger partial charge in [0.05, 0.1) is 5.69 Å². The predicted molar refractivity (Wildman–Crippen MR) is 65.6 cm³/mol. The Balaban J connectivity index is 2.21. The molecule has 4 nitrogen and oxygen atoms in total. The van der Waals surface area contributed by atoms with Crippen LogP contribution in [0.25, 0.3) is 0 Å². The molecule has 0 radical (unpaired) electrons. The summed E-state index contributed by atoms with van der Waals surface area (Å²) < 4.78 is 0. The minimum absolute atomic E-state index is 0.163. The van der Waals surface area contributed by atoms with E-state index in [1.807, 2.05) is 25.7 Å². The summed E-state index contributed by atoms with van der Waals surface area (Å²) in [6.07, 6.45) is 0.751. The highest BCUT2D eigenvalue weighted by molar-refractivity contribution is 6.29. The van der Waals surface area contributed by atoms with Gasteiger partial charge in [0.1, 0.15) is 0 Å². The van der Waals surface area contributed by atoms with Gasteiger partial charge in [-0.1, -0.05) is 32.4 Å². The molecule has 2 heterocycles. The number of hydrogen-bond acceptors (Lipinski definition) is 3. The van der Waals surface area contributed by atoms with Gasteiger partial charge < -0.3 is 4.90 Å². The van der Waals surface area contributed by atoms with Gasteiger partial charge in [-0.05, 0) is 11.6 Å². The van der Waals surface area contributed by atoms with Crippen LogP contribution in [0, 0.1) is 5.41 Å². The van der Waals surface area contributed by atoms with E-state index in [1.165, 1.54) is 0 Å². The zero-order chi connectivity index (χ0) is 12.6. The van der Waals surface area contributed by atoms with Crippen LogP contribution in [0.5, 0.6) is 0 Å². The van der Waals surface area contributed by atoms with Crippen LogP contribution in [0.2, 0.25) is 5.15 Å². The van der Waals surface area contributed by atoms with E-state index in [4.69, 9.17) is 11.6 Å². The minimum Gasteiger partial charge on any atom is -0.337 e. The first-order valence-corrected chi connectivity index (χ1v) is 6.06. The summed E-state index contributed by atoms with van der Waals surface area (Å²) in [7, 11) is 0. The number of hydrogen-bond donors (Lipinski definition) is 0. The normalized spacial score (nSPS) is 15.6. The van der Waals surface area contributed by atoms with Crippen molar-refractivity contribution in [3.63, 3.8) is 0 Å². The SMILES string of the molecule is CC(C)(C)C(=O)N1CCc2nnc(Cl)cc2C1. The molecule has 0 saturated carbocycles. The van der Waals surface area contributed by atoms with E-state index in [0.29, 0.717) is 18.2 Å². The first kappa shape index (κ1) is 12.3. The largest absolute Gasteiger partial charge is 0.337 e. The molecular weight excluding hydrogens is 238 g/mol. The molecule has 0 N–H and O–H groups in total. The predicted octanol–water partition coefficient (Wildman–Crippen LogP) is 2.06. The Morgan fingerprint density at radius 3 is 2.76 bits per heavy atom. The second-order valence-electron chi connectivity index (χ2n) is 5.37. The third-order valence-electron chi connectivity index (χ3n) is 2.84. The molecule has 0 unspecified atom stereocenters. The molecule has 1 aliphatic heterocycles. The quantitative estimate of drug-likeness (QED) is 0.711. The van der Waals surface area contributed by atoms with Crippen molar-refractivity contribution in [3.8, 4) is 0 Å². The summed E-state index contributed by atoms with van der Waals surface area (Å²) in [5, 5.41) is 8.26. The number of halogens is 1. The molecule has 17 heavy (non-hydrogen) atoms. The summed E-state index contributed by atoms with van der Waals surface area (Å²) >= 11 is 5.82. The monoisotopic (exact) mass is 253 g/mol. The number of amides is 1. The van der Waals surface area contributed by atoms with Crippen LogP contribution in [-0.2, 0) is 17.8 Å². The van der Waals surface area contributed by atoms with Gasteiger partial charge >= 0.3 is 0 Å². The standard InChI is InChI=1S/C12H16ClN3O/c1-12(2,3)11(17)16-5-4-9-8(7-16)6-10(13)15-14-9/h6H,4-5,7H2,1-3H3. The Morgan fingerprint density at radius 2 is 2.12 bits per heavy atom. The van der Waals surface area contributed by atoms with E-state index in [2.05, 4.69) is 10.2 Å². The lowest BCUT2D eigenvalue weighted by Gasteiger charge is -2.32. The fraction of sp³-hybridized carbons (Fsp3) is 0.583. The Labute approximate surface area is 106 Å². The highest BCUT2D eigenvalue weighted by Crippen LogP contribution is 2.24. The van der Waals surface area contributed by atoms with E-state index >= 15 is 0 Å². The number of rotatable bonds is 0. The van der Waals surface area contributed by atoms with Crippen LogP contribution >= 0.6 is 11.6 Å². The molecule has 5 heteroatoms. The van der Waals surface area contributed by atoms with Gasteiger partial charge in [-0.2, -0.15) is 5.10 Å². The number of nitrogens with zero attached hydrogens (tertiary/aromatic N) is 3. The van der Waals surface area contributed by atoms with Gasteiger partial charge in [-0.15, -0.1) is 5.10 Å². The molecule has 0 spiro atoms. The summed E-state index contributed by atoms with van der Waals surface area (Å²) in [5.74, 6) is 0.163. The van der Waals surface area contributed by atoms with Crippen molar-refractivity contribution in [3.05, 3.63) is 22.5 Å². The van der Waals surface area contributed by atoms with E-state index < -0.39 is 0 Å². The molecule has 1 aromatic heterocycles. The molecule has 0 aliphatic carbocycles. The smallest absolute Gasteiger partial charge is 0.228 e. The number of carbonyl (C=O) groups excluding carboxylic acids is 1. The van der Waals surface area contributed by atoms with Crippen LogP contribution in [0.15, 0.2) is 6.07 Å². The summed E-state index contributed by atoms with van der Waals surface area (Å²) in [5.41, 5.74) is 1.61. The third kappa shape index (κ3) is 2.57. The van der Waals surface area contributed by atoms with E-state index in [9.17, 15) is 4.79 Å². The van der Waals surface area contributed by atoms with E-state index in [0.717, 1.165) is 17.7 Å². The second kappa shape index (κ2) is 4.26. The molecule has 0 saturated heterocycles. The summed E-state index contributed by atoms with van der Waals surface area (Å²) in [4.78, 5) is 14.0. The van der Waals surface area contributed by atoms with Crippen molar-refractivity contribution >= 4 is 17.5 Å². The molecule has 0 bridgehead atoms. The Hall–Kier alpha value is -1.16. The van der Waals surface area contributed by atoms with Crippen LogP contribution in [-0.4, -0.2) is 27.5 Å². The average Bonchev–Trinajstić information content (AvgIpc) is 2.25. The maximum Gasteiger partial charge on any atom is 0.228 e.